The van der Waals surface area contributed by atoms with Crippen molar-refractivity contribution in [3.05, 3.63) is 54.1 Å². The Morgan fingerprint density at radius 1 is 1.11 bits per heavy atom. The SMILES string of the molecule is CSc1ccc(S(=O)(=O)N(C)c2ccc(C(=O)N3CCC[C@H](C)C3)cc2)cc1. The Hall–Kier alpha value is -1.99. The maximum atomic E-state index is 12.9. The minimum Gasteiger partial charge on any atom is -0.338 e. The van der Waals surface area contributed by atoms with Crippen molar-refractivity contribution in [2.24, 2.45) is 5.92 Å². The number of anilines is 1. The molecular weight excluding hydrogens is 392 g/mol. The van der Waals surface area contributed by atoms with Gasteiger partial charge >= 0.3 is 0 Å². The van der Waals surface area contributed by atoms with Crippen molar-refractivity contribution in [3.8, 4) is 0 Å². The van der Waals surface area contributed by atoms with Crippen LogP contribution in [0.3, 0.4) is 0 Å². The van der Waals surface area contributed by atoms with Gasteiger partial charge in [0.2, 0.25) is 0 Å². The molecule has 3 rings (SSSR count). The van der Waals surface area contributed by atoms with Gasteiger partial charge in [0.05, 0.1) is 10.6 Å². The van der Waals surface area contributed by atoms with Crippen LogP contribution in [0.15, 0.2) is 58.3 Å². The number of benzene rings is 2. The Kier molecular flexibility index (Phi) is 6.35. The summed E-state index contributed by atoms with van der Waals surface area (Å²) >= 11 is 1.56. The van der Waals surface area contributed by atoms with E-state index in [0.717, 1.165) is 30.8 Å². The first-order chi connectivity index (χ1) is 13.3. The van der Waals surface area contributed by atoms with E-state index in [2.05, 4.69) is 6.92 Å². The van der Waals surface area contributed by atoms with Crippen LogP contribution >= 0.6 is 11.8 Å². The fourth-order valence-electron chi connectivity index (χ4n) is 3.41. The zero-order chi connectivity index (χ0) is 20.3. The lowest BCUT2D eigenvalue weighted by atomic mass is 9.99. The molecule has 0 aliphatic carbocycles. The van der Waals surface area contributed by atoms with Crippen LogP contribution in [0.2, 0.25) is 0 Å². The number of hydrogen-bond donors (Lipinski definition) is 0. The Morgan fingerprint density at radius 3 is 2.32 bits per heavy atom. The maximum Gasteiger partial charge on any atom is 0.264 e. The Balaban J connectivity index is 1.77. The molecule has 0 saturated carbocycles. The van der Waals surface area contributed by atoms with Crippen LogP contribution in [-0.2, 0) is 10.0 Å². The first kappa shape index (κ1) is 20.7. The molecular formula is C21H26N2O3S2. The Bertz CT molecular complexity index is 925. The van der Waals surface area contributed by atoms with Gasteiger partial charge in [-0.15, -0.1) is 11.8 Å². The lowest BCUT2D eigenvalue weighted by Gasteiger charge is -2.31. The first-order valence-corrected chi connectivity index (χ1v) is 12.0. The monoisotopic (exact) mass is 418 g/mol. The third-order valence-corrected chi connectivity index (χ3v) is 7.68. The molecule has 1 saturated heterocycles. The summed E-state index contributed by atoms with van der Waals surface area (Å²) in [4.78, 5) is 15.8. The second-order valence-electron chi connectivity index (χ2n) is 7.19. The van der Waals surface area contributed by atoms with Crippen LogP contribution < -0.4 is 4.31 Å². The molecule has 0 radical (unpaired) electrons. The number of carbonyl (C=O) groups excluding carboxylic acids is 1. The van der Waals surface area contributed by atoms with Crippen LogP contribution in [0.5, 0.6) is 0 Å². The zero-order valence-corrected chi connectivity index (χ0v) is 18.1. The Morgan fingerprint density at radius 2 is 1.75 bits per heavy atom. The van der Waals surface area contributed by atoms with Gasteiger partial charge in [-0.1, -0.05) is 6.92 Å². The van der Waals surface area contributed by atoms with Crippen molar-refractivity contribution in [1.29, 1.82) is 0 Å². The van der Waals surface area contributed by atoms with E-state index < -0.39 is 10.0 Å². The largest absolute Gasteiger partial charge is 0.338 e. The summed E-state index contributed by atoms with van der Waals surface area (Å²) in [6, 6.07) is 13.6. The summed E-state index contributed by atoms with van der Waals surface area (Å²) < 4.78 is 27.0. The van der Waals surface area contributed by atoms with E-state index in [1.807, 2.05) is 11.2 Å². The van der Waals surface area contributed by atoms with E-state index >= 15 is 0 Å². The molecule has 1 heterocycles. The van der Waals surface area contributed by atoms with Crippen molar-refractivity contribution in [3.63, 3.8) is 0 Å². The second-order valence-corrected chi connectivity index (χ2v) is 10.0. The fraction of sp³-hybridized carbons (Fsp3) is 0.381. The van der Waals surface area contributed by atoms with E-state index in [1.165, 1.54) is 11.4 Å². The number of amides is 1. The molecule has 28 heavy (non-hydrogen) atoms. The highest BCUT2D eigenvalue weighted by Gasteiger charge is 2.24. The van der Waals surface area contributed by atoms with Crippen LogP contribution in [-0.4, -0.2) is 45.6 Å². The van der Waals surface area contributed by atoms with Gasteiger partial charge in [-0.05, 0) is 73.5 Å². The highest BCUT2D eigenvalue weighted by molar-refractivity contribution is 7.98. The fourth-order valence-corrected chi connectivity index (χ4v) is 5.02. The Labute approximate surface area is 171 Å². The minimum atomic E-state index is -3.65. The van der Waals surface area contributed by atoms with Gasteiger partial charge in [0.1, 0.15) is 0 Å². The number of hydrogen-bond acceptors (Lipinski definition) is 4. The number of likely N-dealkylation sites (tertiary alicyclic amines) is 1. The molecule has 7 heteroatoms. The average molecular weight is 419 g/mol. The van der Waals surface area contributed by atoms with E-state index in [4.69, 9.17) is 0 Å². The molecule has 1 aliphatic rings. The van der Waals surface area contributed by atoms with Gasteiger partial charge in [-0.3, -0.25) is 9.10 Å². The smallest absolute Gasteiger partial charge is 0.264 e. The molecule has 0 bridgehead atoms. The summed E-state index contributed by atoms with van der Waals surface area (Å²) in [5.41, 5.74) is 1.12. The molecule has 1 atom stereocenters. The first-order valence-electron chi connectivity index (χ1n) is 9.35. The third-order valence-electron chi connectivity index (χ3n) is 5.14. The number of carbonyl (C=O) groups is 1. The number of sulfonamides is 1. The third kappa shape index (κ3) is 4.36. The number of rotatable bonds is 5. The second kappa shape index (κ2) is 8.57. The molecule has 0 aromatic heterocycles. The molecule has 2 aromatic carbocycles. The summed E-state index contributed by atoms with van der Waals surface area (Å²) in [5.74, 6) is 0.530. The van der Waals surface area contributed by atoms with Crippen molar-refractivity contribution < 1.29 is 13.2 Å². The summed E-state index contributed by atoms with van der Waals surface area (Å²) in [6.07, 6.45) is 4.13. The molecule has 1 fully saturated rings. The van der Waals surface area contributed by atoms with Gasteiger partial charge in [0.15, 0.2) is 0 Å². The van der Waals surface area contributed by atoms with Gasteiger partial charge in [0, 0.05) is 30.6 Å². The van der Waals surface area contributed by atoms with Gasteiger partial charge in [-0.25, -0.2) is 8.42 Å². The summed E-state index contributed by atoms with van der Waals surface area (Å²) in [5, 5.41) is 0. The zero-order valence-electron chi connectivity index (χ0n) is 16.5. The van der Waals surface area contributed by atoms with Crippen LogP contribution in [0.1, 0.15) is 30.1 Å². The highest BCUT2D eigenvalue weighted by atomic mass is 32.2. The maximum absolute atomic E-state index is 12.9. The van der Waals surface area contributed by atoms with Crippen molar-refractivity contribution in [2.45, 2.75) is 29.6 Å². The molecule has 0 unspecified atom stereocenters. The van der Waals surface area contributed by atoms with Gasteiger partial charge < -0.3 is 4.90 Å². The lowest BCUT2D eigenvalue weighted by molar-refractivity contribution is 0.0683. The van der Waals surface area contributed by atoms with E-state index in [1.54, 1.807) is 60.3 Å². The number of nitrogens with zero attached hydrogens (tertiary/aromatic N) is 2. The molecule has 5 nitrogen and oxygen atoms in total. The molecule has 150 valence electrons. The lowest BCUT2D eigenvalue weighted by Crippen LogP contribution is -2.39. The van der Waals surface area contributed by atoms with E-state index in [9.17, 15) is 13.2 Å². The molecule has 0 N–H and O–H groups in total. The van der Waals surface area contributed by atoms with Crippen molar-refractivity contribution >= 4 is 33.4 Å². The summed E-state index contributed by atoms with van der Waals surface area (Å²) in [7, 11) is -2.12. The van der Waals surface area contributed by atoms with Crippen molar-refractivity contribution in [2.75, 3.05) is 30.7 Å². The topological polar surface area (TPSA) is 57.7 Å². The molecule has 1 aliphatic heterocycles. The quantitative estimate of drug-likeness (QED) is 0.686. The molecule has 0 spiro atoms. The van der Waals surface area contributed by atoms with Crippen LogP contribution in [0.25, 0.3) is 0 Å². The predicted octanol–water partition coefficient (Wildman–Crippen LogP) is 4.11. The highest BCUT2D eigenvalue weighted by Crippen LogP contribution is 2.25. The normalized spacial score (nSPS) is 17.4. The number of piperidine rings is 1. The standard InChI is InChI=1S/C21H26N2O3S2/c1-16-5-4-14-23(15-16)21(24)17-6-8-18(9-7-17)22(2)28(25,26)20-12-10-19(27-3)11-13-20/h6-13,16H,4-5,14-15H2,1-3H3/t16-/m0/s1. The van der Waals surface area contributed by atoms with Crippen LogP contribution in [0, 0.1) is 5.92 Å². The van der Waals surface area contributed by atoms with E-state index in [0.29, 0.717) is 17.2 Å². The predicted molar refractivity (Wildman–Crippen MR) is 115 cm³/mol. The average Bonchev–Trinajstić information content (AvgIpc) is 2.72. The summed E-state index contributed by atoms with van der Waals surface area (Å²) in [6.45, 7) is 3.72. The van der Waals surface area contributed by atoms with Crippen molar-refractivity contribution in [1.82, 2.24) is 4.90 Å². The molecule has 2 aromatic rings. The van der Waals surface area contributed by atoms with Gasteiger partial charge in [0.25, 0.3) is 15.9 Å². The number of thioether (sulfide) groups is 1. The molecule has 1 amide bonds. The van der Waals surface area contributed by atoms with Crippen LogP contribution in [0.4, 0.5) is 5.69 Å². The van der Waals surface area contributed by atoms with E-state index in [-0.39, 0.29) is 10.8 Å². The minimum absolute atomic E-state index is 0.0104. The van der Waals surface area contributed by atoms with Gasteiger partial charge in [-0.2, -0.15) is 0 Å².